The first kappa shape index (κ1) is 10.1. The molecule has 0 N–H and O–H groups in total. The van der Waals surface area contributed by atoms with E-state index in [0.29, 0.717) is 0 Å². The number of carbonyl (C=O) groups is 1. The van der Waals surface area contributed by atoms with E-state index in [1.165, 1.54) is 12.1 Å². The molecule has 1 nitrogen and oxygen atoms in total. The van der Waals surface area contributed by atoms with Crippen LogP contribution in [0.25, 0.3) is 0 Å². The molecule has 0 amide bonds. The first-order valence-corrected chi connectivity index (χ1v) is 3.99. The SMILES string of the molecule is O=C(c1ccccc1)C(F)(Cl)CF. The number of carbonyl (C=O) groups excluding carboxylic acids is 1. The topological polar surface area (TPSA) is 17.1 Å². The van der Waals surface area contributed by atoms with E-state index in [1.54, 1.807) is 18.2 Å². The molecule has 0 bridgehead atoms. The van der Waals surface area contributed by atoms with Crippen molar-refractivity contribution in [3.8, 4) is 0 Å². The summed E-state index contributed by atoms with van der Waals surface area (Å²) in [6.45, 7) is -1.53. The molecule has 0 fully saturated rings. The lowest BCUT2D eigenvalue weighted by molar-refractivity contribution is 0.0791. The fourth-order valence-electron chi connectivity index (χ4n) is 0.861. The Bertz CT molecular complexity index is 298. The second kappa shape index (κ2) is 3.83. The number of hydrogen-bond donors (Lipinski definition) is 0. The molecule has 0 aliphatic carbocycles. The van der Waals surface area contributed by atoms with Gasteiger partial charge < -0.3 is 0 Å². The van der Waals surface area contributed by atoms with Crippen molar-refractivity contribution in [2.24, 2.45) is 0 Å². The lowest BCUT2D eigenvalue weighted by Crippen LogP contribution is -2.29. The van der Waals surface area contributed by atoms with Crippen molar-refractivity contribution in [1.82, 2.24) is 0 Å². The van der Waals surface area contributed by atoms with Crippen molar-refractivity contribution in [2.45, 2.75) is 5.13 Å². The number of hydrogen-bond acceptors (Lipinski definition) is 1. The Hall–Kier alpha value is -0.960. The maximum absolute atomic E-state index is 12.9. The minimum atomic E-state index is -2.93. The lowest BCUT2D eigenvalue weighted by Gasteiger charge is -2.11. The Labute approximate surface area is 79.3 Å². The quantitative estimate of drug-likeness (QED) is 0.547. The standard InChI is InChI=1S/C9H7ClF2O/c10-9(12,6-11)8(13)7-4-2-1-3-5-7/h1-5H,6H2. The van der Waals surface area contributed by atoms with Gasteiger partial charge in [0, 0.05) is 5.56 Å². The predicted molar refractivity (Wildman–Crippen MR) is 46.4 cm³/mol. The van der Waals surface area contributed by atoms with Crippen LogP contribution in [0.2, 0.25) is 0 Å². The third-order valence-corrected chi connectivity index (χ3v) is 1.81. The highest BCUT2D eigenvalue weighted by Crippen LogP contribution is 2.23. The van der Waals surface area contributed by atoms with E-state index < -0.39 is 17.6 Å². The highest BCUT2D eigenvalue weighted by Gasteiger charge is 2.36. The van der Waals surface area contributed by atoms with Gasteiger partial charge in [-0.25, -0.2) is 8.78 Å². The molecule has 1 aromatic carbocycles. The summed E-state index contributed by atoms with van der Waals surface area (Å²) in [7, 11) is 0. The fraction of sp³-hybridized carbons (Fsp3) is 0.222. The summed E-state index contributed by atoms with van der Waals surface area (Å²) in [4.78, 5) is 11.2. The van der Waals surface area contributed by atoms with E-state index in [-0.39, 0.29) is 5.56 Å². The summed E-state index contributed by atoms with van der Waals surface area (Å²) in [5.41, 5.74) is 0.0673. The Balaban J connectivity index is 2.93. The van der Waals surface area contributed by atoms with Gasteiger partial charge in [0.1, 0.15) is 6.67 Å². The number of alkyl halides is 3. The lowest BCUT2D eigenvalue weighted by atomic mass is 10.1. The van der Waals surface area contributed by atoms with Crippen molar-refractivity contribution < 1.29 is 13.6 Å². The van der Waals surface area contributed by atoms with Crippen LogP contribution in [0.5, 0.6) is 0 Å². The zero-order chi connectivity index (χ0) is 9.90. The van der Waals surface area contributed by atoms with Gasteiger partial charge in [-0.05, 0) is 0 Å². The average Bonchev–Trinajstić information content (AvgIpc) is 2.18. The molecule has 1 aromatic rings. The van der Waals surface area contributed by atoms with Crippen molar-refractivity contribution >= 4 is 17.4 Å². The number of ketones is 1. The van der Waals surface area contributed by atoms with Crippen LogP contribution < -0.4 is 0 Å². The minimum Gasteiger partial charge on any atom is -0.289 e. The summed E-state index contributed by atoms with van der Waals surface area (Å²) in [5, 5.41) is -2.93. The van der Waals surface area contributed by atoms with Crippen molar-refractivity contribution in [2.75, 3.05) is 6.67 Å². The van der Waals surface area contributed by atoms with Crippen molar-refractivity contribution in [3.63, 3.8) is 0 Å². The van der Waals surface area contributed by atoms with Gasteiger partial charge in [-0.2, -0.15) is 0 Å². The van der Waals surface area contributed by atoms with E-state index in [1.807, 2.05) is 0 Å². The van der Waals surface area contributed by atoms with Crippen LogP contribution in [0.4, 0.5) is 8.78 Å². The molecule has 70 valence electrons. The number of halogens is 3. The molecule has 0 heterocycles. The second-order valence-electron chi connectivity index (χ2n) is 2.53. The van der Waals surface area contributed by atoms with E-state index in [2.05, 4.69) is 0 Å². The molecule has 0 aliphatic heterocycles. The Morgan fingerprint density at radius 3 is 2.38 bits per heavy atom. The van der Waals surface area contributed by atoms with Gasteiger partial charge in [0.05, 0.1) is 0 Å². The van der Waals surface area contributed by atoms with Crippen LogP contribution in [0, 0.1) is 0 Å². The van der Waals surface area contributed by atoms with Gasteiger partial charge in [-0.15, -0.1) is 0 Å². The van der Waals surface area contributed by atoms with Gasteiger partial charge in [-0.1, -0.05) is 41.9 Å². The van der Waals surface area contributed by atoms with Crippen LogP contribution in [-0.2, 0) is 0 Å². The summed E-state index contributed by atoms with van der Waals surface area (Å²) in [6, 6.07) is 7.54. The monoisotopic (exact) mass is 204 g/mol. The molecule has 0 aliphatic rings. The van der Waals surface area contributed by atoms with Crippen molar-refractivity contribution in [3.05, 3.63) is 35.9 Å². The summed E-state index contributed by atoms with van der Waals surface area (Å²) < 4.78 is 24.9. The second-order valence-corrected chi connectivity index (χ2v) is 3.13. The number of benzene rings is 1. The molecule has 1 rings (SSSR count). The summed E-state index contributed by atoms with van der Waals surface area (Å²) >= 11 is 5.01. The number of rotatable bonds is 3. The minimum absolute atomic E-state index is 0.0673. The van der Waals surface area contributed by atoms with Gasteiger partial charge in [0.25, 0.3) is 5.13 Å². The maximum Gasteiger partial charge on any atom is 0.273 e. The van der Waals surface area contributed by atoms with Gasteiger partial charge >= 0.3 is 0 Å². The third-order valence-electron chi connectivity index (χ3n) is 1.54. The largest absolute Gasteiger partial charge is 0.289 e. The van der Waals surface area contributed by atoms with Crippen LogP contribution in [0.15, 0.2) is 30.3 Å². The van der Waals surface area contributed by atoms with Crippen LogP contribution in [-0.4, -0.2) is 17.6 Å². The predicted octanol–water partition coefficient (Wildman–Crippen LogP) is 2.74. The molecule has 4 heteroatoms. The highest BCUT2D eigenvalue weighted by molar-refractivity contribution is 6.36. The normalized spacial score (nSPS) is 15.0. The first-order chi connectivity index (χ1) is 6.08. The Morgan fingerprint density at radius 1 is 1.38 bits per heavy atom. The van der Waals surface area contributed by atoms with Crippen LogP contribution >= 0.6 is 11.6 Å². The van der Waals surface area contributed by atoms with Crippen molar-refractivity contribution in [1.29, 1.82) is 0 Å². The van der Waals surface area contributed by atoms with E-state index in [0.717, 1.165) is 0 Å². The fourth-order valence-corrected chi connectivity index (χ4v) is 0.970. The van der Waals surface area contributed by atoms with E-state index in [4.69, 9.17) is 11.6 Å². The van der Waals surface area contributed by atoms with E-state index in [9.17, 15) is 13.6 Å². The summed E-state index contributed by atoms with van der Waals surface area (Å²) in [6.07, 6.45) is 0. The molecular weight excluding hydrogens is 198 g/mol. The van der Waals surface area contributed by atoms with Gasteiger partial charge in [0.2, 0.25) is 5.78 Å². The average molecular weight is 205 g/mol. The molecule has 0 saturated heterocycles. The Morgan fingerprint density at radius 2 is 1.92 bits per heavy atom. The summed E-state index contributed by atoms with van der Waals surface area (Å²) in [5.74, 6) is -1.04. The molecule has 0 spiro atoms. The molecule has 0 radical (unpaired) electrons. The molecule has 0 saturated carbocycles. The Kier molecular flexibility index (Phi) is 2.98. The maximum atomic E-state index is 12.9. The third kappa shape index (κ3) is 2.25. The molecular formula is C9H7ClF2O. The molecule has 1 atom stereocenters. The molecule has 1 unspecified atom stereocenters. The van der Waals surface area contributed by atoms with E-state index >= 15 is 0 Å². The van der Waals surface area contributed by atoms with Gasteiger partial charge in [0.15, 0.2) is 0 Å². The van der Waals surface area contributed by atoms with Crippen LogP contribution in [0.3, 0.4) is 0 Å². The highest BCUT2D eigenvalue weighted by atomic mass is 35.5. The van der Waals surface area contributed by atoms with Crippen LogP contribution in [0.1, 0.15) is 10.4 Å². The molecule has 0 aromatic heterocycles. The zero-order valence-electron chi connectivity index (χ0n) is 6.64. The van der Waals surface area contributed by atoms with Gasteiger partial charge in [-0.3, -0.25) is 4.79 Å². The first-order valence-electron chi connectivity index (χ1n) is 3.61. The zero-order valence-corrected chi connectivity index (χ0v) is 7.39. The molecule has 13 heavy (non-hydrogen) atoms. The smallest absolute Gasteiger partial charge is 0.273 e. The number of Topliss-reactive ketones (excluding diaryl/α,β-unsaturated/α-hetero) is 1.